The molecular formula is C16H19FN2. The van der Waals surface area contributed by atoms with E-state index in [0.29, 0.717) is 6.54 Å². The molecule has 0 spiro atoms. The molecule has 0 bridgehead atoms. The minimum atomic E-state index is -0.232. The van der Waals surface area contributed by atoms with E-state index in [-0.39, 0.29) is 11.9 Å². The summed E-state index contributed by atoms with van der Waals surface area (Å²) < 4.78 is 13.4. The minimum Gasteiger partial charge on any atom is -0.377 e. The van der Waals surface area contributed by atoms with Gasteiger partial charge in [-0.15, -0.1) is 0 Å². The molecule has 3 heteroatoms. The van der Waals surface area contributed by atoms with Gasteiger partial charge in [-0.2, -0.15) is 0 Å². The van der Waals surface area contributed by atoms with E-state index >= 15 is 0 Å². The van der Waals surface area contributed by atoms with Crippen molar-refractivity contribution in [2.75, 3.05) is 11.9 Å². The van der Waals surface area contributed by atoms with E-state index in [9.17, 15) is 4.39 Å². The number of anilines is 1. The maximum Gasteiger partial charge on any atom is 0.123 e. The molecule has 1 atom stereocenters. The number of benzene rings is 2. The minimum absolute atomic E-state index is 0.0848. The number of aryl methyl sites for hydroxylation is 2. The standard InChI is InChI=1S/C16H19FN2/c1-11-3-7-14(8-4-11)19-16(10-18)15-9-13(17)6-5-12(15)2/h3-9,16,19H,10,18H2,1-2H3. The van der Waals surface area contributed by atoms with Crippen molar-refractivity contribution in [2.24, 2.45) is 5.73 Å². The van der Waals surface area contributed by atoms with Gasteiger partial charge in [0.05, 0.1) is 6.04 Å². The smallest absolute Gasteiger partial charge is 0.123 e. The predicted octanol–water partition coefficient (Wildman–Crippen LogP) is 3.55. The summed E-state index contributed by atoms with van der Waals surface area (Å²) in [6.07, 6.45) is 0. The predicted molar refractivity (Wildman–Crippen MR) is 77.7 cm³/mol. The van der Waals surface area contributed by atoms with Gasteiger partial charge >= 0.3 is 0 Å². The highest BCUT2D eigenvalue weighted by Crippen LogP contribution is 2.23. The van der Waals surface area contributed by atoms with Gasteiger partial charge in [0.1, 0.15) is 5.82 Å². The summed E-state index contributed by atoms with van der Waals surface area (Å²) in [5.41, 5.74) is 9.96. The Kier molecular flexibility index (Phi) is 4.17. The van der Waals surface area contributed by atoms with E-state index < -0.39 is 0 Å². The first-order valence-corrected chi connectivity index (χ1v) is 6.39. The Hall–Kier alpha value is -1.87. The summed E-state index contributed by atoms with van der Waals surface area (Å²) in [7, 11) is 0. The number of hydrogen-bond donors (Lipinski definition) is 2. The van der Waals surface area contributed by atoms with Crippen LogP contribution in [0.4, 0.5) is 10.1 Å². The van der Waals surface area contributed by atoms with Crippen molar-refractivity contribution in [3.63, 3.8) is 0 Å². The Bertz CT molecular complexity index is 549. The average Bonchev–Trinajstić information content (AvgIpc) is 2.41. The molecule has 100 valence electrons. The third-order valence-corrected chi connectivity index (χ3v) is 3.24. The molecule has 0 aromatic heterocycles. The lowest BCUT2D eigenvalue weighted by Crippen LogP contribution is -2.21. The van der Waals surface area contributed by atoms with E-state index in [2.05, 4.69) is 5.32 Å². The highest BCUT2D eigenvalue weighted by molar-refractivity contribution is 5.47. The van der Waals surface area contributed by atoms with E-state index in [4.69, 9.17) is 5.73 Å². The molecule has 3 N–H and O–H groups in total. The van der Waals surface area contributed by atoms with Gasteiger partial charge in [0.25, 0.3) is 0 Å². The third kappa shape index (κ3) is 3.32. The van der Waals surface area contributed by atoms with E-state index in [0.717, 1.165) is 16.8 Å². The fourth-order valence-electron chi connectivity index (χ4n) is 2.10. The van der Waals surface area contributed by atoms with Gasteiger partial charge in [0.15, 0.2) is 0 Å². The number of rotatable bonds is 4. The summed E-state index contributed by atoms with van der Waals surface area (Å²) in [6, 6.07) is 12.8. The second kappa shape index (κ2) is 5.85. The molecule has 0 saturated heterocycles. The van der Waals surface area contributed by atoms with Crippen LogP contribution >= 0.6 is 0 Å². The molecular weight excluding hydrogens is 239 g/mol. The SMILES string of the molecule is Cc1ccc(NC(CN)c2cc(F)ccc2C)cc1. The number of nitrogens with one attached hydrogen (secondary N) is 1. The zero-order valence-electron chi connectivity index (χ0n) is 11.3. The molecule has 0 radical (unpaired) electrons. The molecule has 0 aliphatic rings. The third-order valence-electron chi connectivity index (χ3n) is 3.24. The van der Waals surface area contributed by atoms with Gasteiger partial charge in [-0.3, -0.25) is 0 Å². The van der Waals surface area contributed by atoms with Crippen molar-refractivity contribution in [3.05, 3.63) is 65.0 Å². The van der Waals surface area contributed by atoms with Gasteiger partial charge < -0.3 is 11.1 Å². The maximum absolute atomic E-state index is 13.4. The fourth-order valence-corrected chi connectivity index (χ4v) is 2.10. The lowest BCUT2D eigenvalue weighted by molar-refractivity contribution is 0.621. The topological polar surface area (TPSA) is 38.0 Å². The molecule has 0 saturated carbocycles. The molecule has 2 nitrogen and oxygen atoms in total. The summed E-state index contributed by atoms with van der Waals surface area (Å²) >= 11 is 0. The Morgan fingerprint density at radius 3 is 2.42 bits per heavy atom. The molecule has 0 aliphatic carbocycles. The van der Waals surface area contributed by atoms with E-state index in [1.54, 1.807) is 12.1 Å². The van der Waals surface area contributed by atoms with Crippen LogP contribution in [0.5, 0.6) is 0 Å². The number of halogens is 1. The van der Waals surface area contributed by atoms with Crippen LogP contribution in [0, 0.1) is 19.7 Å². The van der Waals surface area contributed by atoms with Crippen molar-refractivity contribution in [1.29, 1.82) is 0 Å². The Balaban J connectivity index is 2.24. The normalized spacial score (nSPS) is 12.2. The van der Waals surface area contributed by atoms with E-state index in [1.165, 1.54) is 11.6 Å². The molecule has 0 amide bonds. The molecule has 2 aromatic carbocycles. The molecule has 19 heavy (non-hydrogen) atoms. The Labute approximate surface area is 113 Å². The second-order valence-corrected chi connectivity index (χ2v) is 4.80. The van der Waals surface area contributed by atoms with Crippen LogP contribution in [0.3, 0.4) is 0 Å². The summed E-state index contributed by atoms with van der Waals surface area (Å²) in [5.74, 6) is -0.232. The highest BCUT2D eigenvalue weighted by atomic mass is 19.1. The van der Waals surface area contributed by atoms with Crippen molar-refractivity contribution >= 4 is 5.69 Å². The van der Waals surface area contributed by atoms with Gasteiger partial charge in [0, 0.05) is 12.2 Å². The van der Waals surface area contributed by atoms with E-state index in [1.807, 2.05) is 38.1 Å². The summed E-state index contributed by atoms with van der Waals surface area (Å²) in [5, 5.41) is 3.35. The van der Waals surface area contributed by atoms with Gasteiger partial charge in [-0.05, 0) is 49.2 Å². The van der Waals surface area contributed by atoms with Crippen LogP contribution in [0.1, 0.15) is 22.7 Å². The maximum atomic E-state index is 13.4. The summed E-state index contributed by atoms with van der Waals surface area (Å²) in [4.78, 5) is 0. The molecule has 0 heterocycles. The molecule has 0 aliphatic heterocycles. The van der Waals surface area contributed by atoms with Crippen molar-refractivity contribution < 1.29 is 4.39 Å². The van der Waals surface area contributed by atoms with Crippen LogP contribution in [0.25, 0.3) is 0 Å². The molecule has 0 fully saturated rings. The highest BCUT2D eigenvalue weighted by Gasteiger charge is 2.12. The molecule has 2 rings (SSSR count). The average molecular weight is 258 g/mol. The lowest BCUT2D eigenvalue weighted by atomic mass is 10.0. The Morgan fingerprint density at radius 2 is 1.79 bits per heavy atom. The quantitative estimate of drug-likeness (QED) is 0.880. The Morgan fingerprint density at radius 1 is 1.11 bits per heavy atom. The van der Waals surface area contributed by atoms with Crippen molar-refractivity contribution in [2.45, 2.75) is 19.9 Å². The first-order valence-electron chi connectivity index (χ1n) is 6.39. The monoisotopic (exact) mass is 258 g/mol. The zero-order chi connectivity index (χ0) is 13.8. The van der Waals surface area contributed by atoms with Crippen LogP contribution in [-0.4, -0.2) is 6.54 Å². The van der Waals surface area contributed by atoms with Gasteiger partial charge in [-0.1, -0.05) is 23.8 Å². The van der Waals surface area contributed by atoms with Gasteiger partial charge in [0.2, 0.25) is 0 Å². The van der Waals surface area contributed by atoms with Crippen molar-refractivity contribution in [1.82, 2.24) is 0 Å². The van der Waals surface area contributed by atoms with Crippen LogP contribution in [0.15, 0.2) is 42.5 Å². The van der Waals surface area contributed by atoms with Crippen LogP contribution < -0.4 is 11.1 Å². The number of nitrogens with two attached hydrogens (primary N) is 1. The molecule has 1 unspecified atom stereocenters. The summed E-state index contributed by atoms with van der Waals surface area (Å²) in [6.45, 7) is 4.42. The second-order valence-electron chi connectivity index (χ2n) is 4.80. The van der Waals surface area contributed by atoms with Crippen LogP contribution in [-0.2, 0) is 0 Å². The van der Waals surface area contributed by atoms with Crippen LogP contribution in [0.2, 0.25) is 0 Å². The first kappa shape index (κ1) is 13.6. The fraction of sp³-hybridized carbons (Fsp3) is 0.250. The lowest BCUT2D eigenvalue weighted by Gasteiger charge is -2.20. The zero-order valence-corrected chi connectivity index (χ0v) is 11.3. The number of hydrogen-bond acceptors (Lipinski definition) is 2. The largest absolute Gasteiger partial charge is 0.377 e. The molecule has 2 aromatic rings. The van der Waals surface area contributed by atoms with Crippen molar-refractivity contribution in [3.8, 4) is 0 Å². The van der Waals surface area contributed by atoms with Gasteiger partial charge in [-0.25, -0.2) is 4.39 Å². The first-order chi connectivity index (χ1) is 9.10.